The van der Waals surface area contributed by atoms with Gasteiger partial charge in [0.15, 0.2) is 0 Å². The van der Waals surface area contributed by atoms with Gasteiger partial charge >= 0.3 is 0 Å². The third-order valence-electron chi connectivity index (χ3n) is 3.07. The van der Waals surface area contributed by atoms with Gasteiger partial charge in [-0.15, -0.1) is 0 Å². The molecular weight excluding hydrogens is 242 g/mol. The van der Waals surface area contributed by atoms with Crippen LogP contribution in [-0.4, -0.2) is 23.5 Å². The third-order valence-corrected chi connectivity index (χ3v) is 4.13. The van der Waals surface area contributed by atoms with Crippen LogP contribution >= 0.6 is 11.9 Å². The van der Waals surface area contributed by atoms with Crippen LogP contribution in [0.1, 0.15) is 34.1 Å². The minimum Gasteiger partial charge on any atom is -0.491 e. The molecule has 1 heterocycles. The maximum atomic E-state index is 5.65. The van der Waals surface area contributed by atoms with Gasteiger partial charge in [0.25, 0.3) is 0 Å². The molecule has 0 radical (unpaired) electrons. The first-order valence-electron chi connectivity index (χ1n) is 6.64. The van der Waals surface area contributed by atoms with E-state index in [1.54, 1.807) is 0 Å². The summed E-state index contributed by atoms with van der Waals surface area (Å²) in [5, 5.41) is 0. The van der Waals surface area contributed by atoms with E-state index in [2.05, 4.69) is 56.3 Å². The summed E-state index contributed by atoms with van der Waals surface area (Å²) in [7, 11) is 0. The number of rotatable bonds is 4. The van der Waals surface area contributed by atoms with E-state index in [4.69, 9.17) is 4.74 Å². The average molecular weight is 265 g/mol. The molecule has 1 saturated heterocycles. The van der Waals surface area contributed by atoms with Gasteiger partial charge in [-0.2, -0.15) is 0 Å². The molecule has 1 aromatic carbocycles. The van der Waals surface area contributed by atoms with Gasteiger partial charge in [0.2, 0.25) is 0 Å². The number of nitrogens with zero attached hydrogens (tertiary/aromatic N) is 1. The predicted molar refractivity (Wildman–Crippen MR) is 78.0 cm³/mol. The Labute approximate surface area is 115 Å². The van der Waals surface area contributed by atoms with Gasteiger partial charge in [0.05, 0.1) is 6.10 Å². The maximum Gasteiger partial charge on any atom is 0.119 e. The third kappa shape index (κ3) is 3.92. The second-order valence-electron chi connectivity index (χ2n) is 6.01. The summed E-state index contributed by atoms with van der Waals surface area (Å²) < 4.78 is 8.11. The molecule has 0 atom stereocenters. The average Bonchev–Trinajstić information content (AvgIpc) is 2.60. The van der Waals surface area contributed by atoms with Crippen molar-refractivity contribution in [1.29, 1.82) is 0 Å². The first kappa shape index (κ1) is 13.8. The Kier molecular flexibility index (Phi) is 4.23. The molecule has 0 unspecified atom stereocenters. The first-order chi connectivity index (χ1) is 8.44. The van der Waals surface area contributed by atoms with E-state index in [9.17, 15) is 0 Å². The van der Waals surface area contributed by atoms with E-state index in [1.165, 1.54) is 24.4 Å². The van der Waals surface area contributed by atoms with Crippen molar-refractivity contribution < 1.29 is 4.74 Å². The highest BCUT2D eigenvalue weighted by Crippen LogP contribution is 2.36. The normalized spacial score (nSPS) is 19.4. The SMILES string of the molecule is CC(C)Oc1ccc(SN2CCC(C)(C)C2)cc1. The molecule has 100 valence electrons. The Hall–Kier alpha value is -0.670. The van der Waals surface area contributed by atoms with Crippen LogP contribution in [0, 0.1) is 5.41 Å². The topological polar surface area (TPSA) is 12.5 Å². The van der Waals surface area contributed by atoms with Crippen molar-refractivity contribution in [3.8, 4) is 5.75 Å². The van der Waals surface area contributed by atoms with Crippen molar-refractivity contribution in [3.63, 3.8) is 0 Å². The van der Waals surface area contributed by atoms with Crippen LogP contribution in [0.3, 0.4) is 0 Å². The molecule has 1 fully saturated rings. The van der Waals surface area contributed by atoms with Crippen LogP contribution in [0.15, 0.2) is 29.2 Å². The molecule has 2 nitrogen and oxygen atoms in total. The van der Waals surface area contributed by atoms with Gasteiger partial charge < -0.3 is 4.74 Å². The van der Waals surface area contributed by atoms with Crippen LogP contribution in [-0.2, 0) is 0 Å². The van der Waals surface area contributed by atoms with Crippen LogP contribution in [0.2, 0.25) is 0 Å². The lowest BCUT2D eigenvalue weighted by molar-refractivity contribution is 0.242. The molecule has 18 heavy (non-hydrogen) atoms. The lowest BCUT2D eigenvalue weighted by Crippen LogP contribution is -2.16. The van der Waals surface area contributed by atoms with Crippen LogP contribution in [0.25, 0.3) is 0 Å². The Morgan fingerprint density at radius 3 is 2.39 bits per heavy atom. The quantitative estimate of drug-likeness (QED) is 0.757. The summed E-state index contributed by atoms with van der Waals surface area (Å²) >= 11 is 1.86. The summed E-state index contributed by atoms with van der Waals surface area (Å²) in [6, 6.07) is 8.41. The molecule has 0 aromatic heterocycles. The van der Waals surface area contributed by atoms with Gasteiger partial charge in [-0.25, -0.2) is 4.31 Å². The minimum atomic E-state index is 0.239. The highest BCUT2D eigenvalue weighted by atomic mass is 32.2. The van der Waals surface area contributed by atoms with E-state index in [0.717, 1.165) is 5.75 Å². The van der Waals surface area contributed by atoms with Crippen molar-refractivity contribution in [2.45, 2.75) is 45.1 Å². The van der Waals surface area contributed by atoms with Gasteiger partial charge in [-0.1, -0.05) is 13.8 Å². The Morgan fingerprint density at radius 1 is 1.22 bits per heavy atom. The van der Waals surface area contributed by atoms with Crippen molar-refractivity contribution in [3.05, 3.63) is 24.3 Å². The summed E-state index contributed by atoms with van der Waals surface area (Å²) in [5.74, 6) is 0.955. The fourth-order valence-corrected chi connectivity index (χ4v) is 3.29. The second-order valence-corrected chi connectivity index (χ2v) is 7.18. The monoisotopic (exact) mass is 265 g/mol. The van der Waals surface area contributed by atoms with Crippen molar-refractivity contribution in [2.75, 3.05) is 13.1 Å². The van der Waals surface area contributed by atoms with Crippen molar-refractivity contribution >= 4 is 11.9 Å². The van der Waals surface area contributed by atoms with E-state index < -0.39 is 0 Å². The molecule has 0 amide bonds. The van der Waals surface area contributed by atoms with Gasteiger partial charge in [-0.05, 0) is 61.9 Å². The first-order valence-corrected chi connectivity index (χ1v) is 7.42. The fourth-order valence-electron chi connectivity index (χ4n) is 2.14. The molecule has 3 heteroatoms. The van der Waals surface area contributed by atoms with Gasteiger partial charge in [0.1, 0.15) is 5.75 Å². The summed E-state index contributed by atoms with van der Waals surface area (Å²) in [6.07, 6.45) is 1.53. The smallest absolute Gasteiger partial charge is 0.119 e. The van der Waals surface area contributed by atoms with E-state index in [1.807, 2.05) is 11.9 Å². The zero-order chi connectivity index (χ0) is 13.2. The van der Waals surface area contributed by atoms with Gasteiger partial charge in [0, 0.05) is 18.0 Å². The molecule has 0 bridgehead atoms. The number of hydrogen-bond donors (Lipinski definition) is 0. The lowest BCUT2D eigenvalue weighted by Gasteiger charge is -2.18. The zero-order valence-corrected chi connectivity index (χ0v) is 12.6. The van der Waals surface area contributed by atoms with E-state index in [0.29, 0.717) is 5.41 Å². The maximum absolute atomic E-state index is 5.65. The molecule has 1 aliphatic rings. The summed E-state index contributed by atoms with van der Waals surface area (Å²) in [4.78, 5) is 1.30. The molecule has 1 aromatic rings. The molecular formula is C15H23NOS. The van der Waals surface area contributed by atoms with E-state index >= 15 is 0 Å². The van der Waals surface area contributed by atoms with Gasteiger partial charge in [-0.3, -0.25) is 0 Å². The Balaban J connectivity index is 1.91. The Bertz CT molecular complexity index is 386. The molecule has 2 rings (SSSR count). The molecule has 1 aliphatic heterocycles. The predicted octanol–water partition coefficient (Wildman–Crippen LogP) is 4.21. The standard InChI is InChI=1S/C15H23NOS/c1-12(2)17-13-5-7-14(8-6-13)18-16-10-9-15(3,4)11-16/h5-8,12H,9-11H2,1-4H3. The second kappa shape index (κ2) is 5.54. The largest absolute Gasteiger partial charge is 0.491 e. The minimum absolute atomic E-state index is 0.239. The number of ether oxygens (including phenoxy) is 1. The fraction of sp³-hybridized carbons (Fsp3) is 0.600. The van der Waals surface area contributed by atoms with Crippen LogP contribution < -0.4 is 4.74 Å². The van der Waals surface area contributed by atoms with Crippen LogP contribution in [0.4, 0.5) is 0 Å². The van der Waals surface area contributed by atoms with E-state index in [-0.39, 0.29) is 6.10 Å². The highest BCUT2D eigenvalue weighted by Gasteiger charge is 2.29. The molecule has 0 spiro atoms. The van der Waals surface area contributed by atoms with Crippen molar-refractivity contribution in [2.24, 2.45) is 5.41 Å². The molecule has 0 aliphatic carbocycles. The number of hydrogen-bond acceptors (Lipinski definition) is 3. The molecule has 0 N–H and O–H groups in total. The molecule has 0 saturated carbocycles. The lowest BCUT2D eigenvalue weighted by atomic mass is 9.93. The Morgan fingerprint density at radius 2 is 1.89 bits per heavy atom. The zero-order valence-electron chi connectivity index (χ0n) is 11.8. The van der Waals surface area contributed by atoms with Crippen molar-refractivity contribution in [1.82, 2.24) is 4.31 Å². The summed E-state index contributed by atoms with van der Waals surface area (Å²) in [5.41, 5.74) is 0.466. The highest BCUT2D eigenvalue weighted by molar-refractivity contribution is 7.97. The summed E-state index contributed by atoms with van der Waals surface area (Å²) in [6.45, 7) is 11.1. The van der Waals surface area contributed by atoms with Crippen LogP contribution in [0.5, 0.6) is 5.75 Å². The number of benzene rings is 1.